The lowest BCUT2D eigenvalue weighted by Gasteiger charge is -2.22. The van der Waals surface area contributed by atoms with E-state index in [1.165, 1.54) is 4.88 Å². The zero-order valence-electron chi connectivity index (χ0n) is 11.8. The minimum Gasteiger partial charge on any atom is -0.294 e. The van der Waals surface area contributed by atoms with Crippen LogP contribution in [0.25, 0.3) is 0 Å². The van der Waals surface area contributed by atoms with E-state index >= 15 is 0 Å². The van der Waals surface area contributed by atoms with Crippen LogP contribution in [0.4, 0.5) is 0 Å². The molecule has 0 amide bonds. The molecule has 0 aliphatic carbocycles. The van der Waals surface area contributed by atoms with Crippen molar-refractivity contribution in [3.63, 3.8) is 0 Å². The third kappa shape index (κ3) is 3.54. The Kier molecular flexibility index (Phi) is 4.20. The van der Waals surface area contributed by atoms with Gasteiger partial charge in [-0.05, 0) is 28.8 Å². The topological polar surface area (TPSA) is 17.1 Å². The predicted octanol–water partition coefficient (Wildman–Crippen LogP) is 4.86. The highest BCUT2D eigenvalue weighted by atomic mass is 32.1. The zero-order chi connectivity index (χ0) is 13.9. The second kappa shape index (κ2) is 5.70. The number of benzene rings is 1. The molecule has 0 spiro atoms. The second-order valence-electron chi connectivity index (χ2n) is 5.80. The van der Waals surface area contributed by atoms with Gasteiger partial charge in [0, 0.05) is 16.9 Å². The van der Waals surface area contributed by atoms with Gasteiger partial charge in [-0.3, -0.25) is 4.79 Å². The molecule has 0 aliphatic heterocycles. The second-order valence-corrected chi connectivity index (χ2v) is 6.83. The first-order chi connectivity index (χ1) is 8.98. The summed E-state index contributed by atoms with van der Waals surface area (Å²) in [5.74, 6) is 0.249. The van der Waals surface area contributed by atoms with Crippen LogP contribution in [0.2, 0.25) is 0 Å². The van der Waals surface area contributed by atoms with E-state index < -0.39 is 0 Å². The van der Waals surface area contributed by atoms with E-state index in [9.17, 15) is 4.79 Å². The van der Waals surface area contributed by atoms with Crippen molar-refractivity contribution in [3.05, 3.63) is 57.8 Å². The molecule has 100 valence electrons. The molecule has 0 fully saturated rings. The zero-order valence-corrected chi connectivity index (χ0v) is 12.6. The molecule has 0 N–H and O–H groups in total. The van der Waals surface area contributed by atoms with Crippen LogP contribution in [-0.4, -0.2) is 5.78 Å². The lowest BCUT2D eigenvalue weighted by molar-refractivity contribution is 0.0981. The van der Waals surface area contributed by atoms with Gasteiger partial charge in [0.2, 0.25) is 0 Å². The third-order valence-electron chi connectivity index (χ3n) is 3.21. The Bertz CT molecular complexity index is 547. The van der Waals surface area contributed by atoms with E-state index in [1.807, 2.05) is 24.3 Å². The van der Waals surface area contributed by atoms with Crippen LogP contribution < -0.4 is 0 Å². The number of carbonyl (C=O) groups excluding carboxylic acids is 1. The summed E-state index contributed by atoms with van der Waals surface area (Å²) in [5, 5.41) is 2.06. The number of thiophene rings is 1. The van der Waals surface area contributed by atoms with E-state index in [0.29, 0.717) is 6.42 Å². The normalized spacial score (nSPS) is 11.5. The largest absolute Gasteiger partial charge is 0.294 e. The number of Topliss-reactive ketones (excluding diaryl/α,β-unsaturated/α-hetero) is 1. The molecular formula is C17H20OS. The number of ketones is 1. The van der Waals surface area contributed by atoms with Gasteiger partial charge in [-0.1, -0.05) is 51.1 Å². The van der Waals surface area contributed by atoms with Crippen LogP contribution in [0, 0.1) is 0 Å². The molecule has 2 aromatic rings. The third-order valence-corrected chi connectivity index (χ3v) is 4.15. The van der Waals surface area contributed by atoms with Gasteiger partial charge in [0.15, 0.2) is 5.78 Å². The Balaban J connectivity index is 2.15. The summed E-state index contributed by atoms with van der Waals surface area (Å²) in [6, 6.07) is 12.1. The first-order valence-electron chi connectivity index (χ1n) is 6.63. The summed E-state index contributed by atoms with van der Waals surface area (Å²) in [5.41, 5.74) is 2.03. The van der Waals surface area contributed by atoms with Crippen molar-refractivity contribution in [2.45, 2.75) is 39.0 Å². The first-order valence-corrected chi connectivity index (χ1v) is 7.51. The number of carbonyl (C=O) groups is 1. The molecule has 19 heavy (non-hydrogen) atoms. The fourth-order valence-corrected chi connectivity index (χ4v) is 2.92. The molecule has 0 bridgehead atoms. The molecule has 0 saturated heterocycles. The molecule has 0 unspecified atom stereocenters. The Morgan fingerprint density at radius 3 is 2.47 bits per heavy atom. The number of hydrogen-bond acceptors (Lipinski definition) is 2. The fraction of sp³-hybridized carbons (Fsp3) is 0.353. The van der Waals surface area contributed by atoms with Crippen molar-refractivity contribution >= 4 is 17.1 Å². The highest BCUT2D eigenvalue weighted by Crippen LogP contribution is 2.27. The van der Waals surface area contributed by atoms with Gasteiger partial charge in [0.1, 0.15) is 0 Å². The van der Waals surface area contributed by atoms with Gasteiger partial charge < -0.3 is 0 Å². The standard InChI is InChI=1S/C17H20OS/c1-17(2,3)15-9-5-4-8-14(15)16(18)11-10-13-7-6-12-19-13/h4-9,12H,10-11H2,1-3H3. The maximum Gasteiger partial charge on any atom is 0.163 e. The molecule has 1 aromatic heterocycles. The summed E-state index contributed by atoms with van der Waals surface area (Å²) in [6.07, 6.45) is 1.43. The molecular weight excluding hydrogens is 252 g/mol. The first kappa shape index (κ1) is 14.0. The lowest BCUT2D eigenvalue weighted by atomic mass is 9.82. The van der Waals surface area contributed by atoms with E-state index in [4.69, 9.17) is 0 Å². The molecule has 2 heteroatoms. The average Bonchev–Trinajstić information content (AvgIpc) is 2.88. The van der Waals surface area contributed by atoms with Crippen molar-refractivity contribution in [1.82, 2.24) is 0 Å². The smallest absolute Gasteiger partial charge is 0.163 e. The van der Waals surface area contributed by atoms with Crippen LogP contribution in [0.15, 0.2) is 41.8 Å². The number of aryl methyl sites for hydroxylation is 1. The van der Waals surface area contributed by atoms with Gasteiger partial charge >= 0.3 is 0 Å². The molecule has 0 aliphatic rings. The van der Waals surface area contributed by atoms with Crippen molar-refractivity contribution in [3.8, 4) is 0 Å². The Labute approximate surface area is 119 Å². The van der Waals surface area contributed by atoms with Gasteiger partial charge in [-0.15, -0.1) is 11.3 Å². The molecule has 0 saturated carbocycles. The summed E-state index contributed by atoms with van der Waals surface area (Å²) >= 11 is 1.72. The van der Waals surface area contributed by atoms with E-state index in [2.05, 4.69) is 38.3 Å². The molecule has 1 aromatic carbocycles. The van der Waals surface area contributed by atoms with E-state index in [1.54, 1.807) is 11.3 Å². The quantitative estimate of drug-likeness (QED) is 0.726. The van der Waals surface area contributed by atoms with Crippen molar-refractivity contribution in [2.24, 2.45) is 0 Å². The van der Waals surface area contributed by atoms with Crippen LogP contribution >= 0.6 is 11.3 Å². The van der Waals surface area contributed by atoms with Gasteiger partial charge in [0.05, 0.1) is 0 Å². The highest BCUT2D eigenvalue weighted by molar-refractivity contribution is 7.09. The highest BCUT2D eigenvalue weighted by Gasteiger charge is 2.20. The van der Waals surface area contributed by atoms with Crippen molar-refractivity contribution in [2.75, 3.05) is 0 Å². The Morgan fingerprint density at radius 2 is 1.84 bits per heavy atom. The van der Waals surface area contributed by atoms with Crippen LogP contribution in [-0.2, 0) is 11.8 Å². The molecule has 2 rings (SSSR count). The van der Waals surface area contributed by atoms with Crippen molar-refractivity contribution in [1.29, 1.82) is 0 Å². The monoisotopic (exact) mass is 272 g/mol. The van der Waals surface area contributed by atoms with Crippen LogP contribution in [0.3, 0.4) is 0 Å². The summed E-state index contributed by atoms with van der Waals surface area (Å²) in [4.78, 5) is 13.7. The van der Waals surface area contributed by atoms with Gasteiger partial charge in [0.25, 0.3) is 0 Å². The molecule has 1 nitrogen and oxygen atoms in total. The summed E-state index contributed by atoms with van der Waals surface area (Å²) in [6.45, 7) is 6.45. The maximum absolute atomic E-state index is 12.4. The van der Waals surface area contributed by atoms with Crippen LogP contribution in [0.5, 0.6) is 0 Å². The Hall–Kier alpha value is -1.41. The Morgan fingerprint density at radius 1 is 1.11 bits per heavy atom. The molecule has 0 radical (unpaired) electrons. The lowest BCUT2D eigenvalue weighted by Crippen LogP contribution is -2.17. The van der Waals surface area contributed by atoms with Gasteiger partial charge in [-0.25, -0.2) is 0 Å². The summed E-state index contributed by atoms with van der Waals surface area (Å²) in [7, 11) is 0. The maximum atomic E-state index is 12.4. The fourth-order valence-electron chi connectivity index (χ4n) is 2.21. The SMILES string of the molecule is CC(C)(C)c1ccccc1C(=O)CCc1cccs1. The van der Waals surface area contributed by atoms with Gasteiger partial charge in [-0.2, -0.15) is 0 Å². The number of rotatable bonds is 4. The predicted molar refractivity (Wildman–Crippen MR) is 82.1 cm³/mol. The van der Waals surface area contributed by atoms with Crippen molar-refractivity contribution < 1.29 is 4.79 Å². The number of hydrogen-bond donors (Lipinski definition) is 0. The molecule has 1 heterocycles. The van der Waals surface area contributed by atoms with E-state index in [-0.39, 0.29) is 11.2 Å². The minimum atomic E-state index is 0.00911. The average molecular weight is 272 g/mol. The van der Waals surface area contributed by atoms with E-state index in [0.717, 1.165) is 17.5 Å². The molecule has 0 atom stereocenters. The van der Waals surface area contributed by atoms with Crippen LogP contribution in [0.1, 0.15) is 48.0 Å². The minimum absolute atomic E-state index is 0.00911. The summed E-state index contributed by atoms with van der Waals surface area (Å²) < 4.78 is 0.